The van der Waals surface area contributed by atoms with Gasteiger partial charge >= 0.3 is 0 Å². The molecule has 2 rings (SSSR count). The molecule has 0 saturated carbocycles. The van der Waals surface area contributed by atoms with Gasteiger partial charge in [-0.15, -0.1) is 0 Å². The largest absolute Gasteiger partial charge is 0.296 e. The lowest BCUT2D eigenvalue weighted by molar-refractivity contribution is 0.134. The molecule has 1 aliphatic heterocycles. The lowest BCUT2D eigenvalue weighted by Crippen LogP contribution is -2.38. The third-order valence-electron chi connectivity index (χ3n) is 3.59. The maximum atomic E-state index is 2.65. The van der Waals surface area contributed by atoms with Crippen molar-refractivity contribution in [3.63, 3.8) is 0 Å². The molecule has 1 unspecified atom stereocenters. The molecule has 1 nitrogen and oxygen atoms in total. The highest BCUT2D eigenvalue weighted by Gasteiger charge is 2.33. The summed E-state index contributed by atoms with van der Waals surface area (Å²) in [6.07, 6.45) is 2.71. The quantitative estimate of drug-likeness (QED) is 0.730. The minimum absolute atomic E-state index is 0.408. The van der Waals surface area contributed by atoms with Crippen molar-refractivity contribution in [2.75, 3.05) is 6.54 Å². The first kappa shape index (κ1) is 11.7. The minimum atomic E-state index is 0.408. The summed E-state index contributed by atoms with van der Waals surface area (Å²) in [5.74, 6) is 0. The summed E-state index contributed by atoms with van der Waals surface area (Å²) >= 11 is 0. The Balaban J connectivity index is 2.05. The maximum absolute atomic E-state index is 2.65. The number of likely N-dealkylation sites (tertiary alicyclic amines) is 1. The van der Waals surface area contributed by atoms with Crippen molar-refractivity contribution in [1.82, 2.24) is 4.90 Å². The maximum Gasteiger partial charge on any atom is 0.0236 e. The number of benzene rings is 1. The van der Waals surface area contributed by atoms with Gasteiger partial charge in [0.1, 0.15) is 0 Å². The van der Waals surface area contributed by atoms with Gasteiger partial charge in [0.25, 0.3) is 0 Å². The van der Waals surface area contributed by atoms with Crippen molar-refractivity contribution >= 4 is 0 Å². The highest BCUT2D eigenvalue weighted by Crippen LogP contribution is 2.33. The third-order valence-corrected chi connectivity index (χ3v) is 3.59. The zero-order valence-corrected chi connectivity index (χ0v) is 10.7. The Morgan fingerprint density at radius 1 is 1.19 bits per heavy atom. The van der Waals surface area contributed by atoms with Crippen LogP contribution in [0.15, 0.2) is 30.3 Å². The summed E-state index contributed by atoms with van der Waals surface area (Å²) in [5.41, 5.74) is 1.85. The molecule has 1 heterocycles. The van der Waals surface area contributed by atoms with Crippen molar-refractivity contribution in [3.05, 3.63) is 35.9 Å². The third kappa shape index (κ3) is 2.65. The Labute approximate surface area is 99.5 Å². The highest BCUT2D eigenvalue weighted by atomic mass is 15.2. The van der Waals surface area contributed by atoms with Crippen LogP contribution in [0.25, 0.3) is 0 Å². The lowest BCUT2D eigenvalue weighted by atomic mass is 9.85. The second-order valence-corrected chi connectivity index (χ2v) is 5.98. The molecule has 0 spiro atoms. The minimum Gasteiger partial charge on any atom is -0.296 e. The molecule has 1 aliphatic rings. The van der Waals surface area contributed by atoms with Crippen molar-refractivity contribution in [2.45, 2.75) is 46.2 Å². The topological polar surface area (TPSA) is 3.24 Å². The van der Waals surface area contributed by atoms with E-state index in [0.717, 1.165) is 12.6 Å². The molecular formula is C15H23N. The normalized spacial score (nSPS) is 22.6. The van der Waals surface area contributed by atoms with Gasteiger partial charge in [-0.25, -0.2) is 0 Å². The van der Waals surface area contributed by atoms with Gasteiger partial charge in [0.2, 0.25) is 0 Å². The van der Waals surface area contributed by atoms with Gasteiger partial charge in [0, 0.05) is 12.6 Å². The fourth-order valence-electron chi connectivity index (χ4n) is 2.81. The van der Waals surface area contributed by atoms with E-state index in [0.29, 0.717) is 5.41 Å². The first-order valence-corrected chi connectivity index (χ1v) is 6.35. The molecule has 0 bridgehead atoms. The Kier molecular flexibility index (Phi) is 3.34. The molecule has 88 valence electrons. The van der Waals surface area contributed by atoms with Crippen LogP contribution in [0.5, 0.6) is 0 Å². The van der Waals surface area contributed by atoms with E-state index in [1.807, 2.05) is 0 Å². The van der Waals surface area contributed by atoms with Crippen LogP contribution < -0.4 is 0 Å². The smallest absolute Gasteiger partial charge is 0.0236 e. The van der Waals surface area contributed by atoms with Gasteiger partial charge in [-0.3, -0.25) is 4.90 Å². The van der Waals surface area contributed by atoms with E-state index in [1.54, 1.807) is 0 Å². The molecule has 16 heavy (non-hydrogen) atoms. The summed E-state index contributed by atoms with van der Waals surface area (Å²) in [6, 6.07) is 11.6. The molecule has 0 aromatic heterocycles. The van der Waals surface area contributed by atoms with Crippen molar-refractivity contribution in [1.29, 1.82) is 0 Å². The number of rotatable bonds is 2. The summed E-state index contributed by atoms with van der Waals surface area (Å²) in [6.45, 7) is 9.46. The van der Waals surface area contributed by atoms with E-state index >= 15 is 0 Å². The number of hydrogen-bond acceptors (Lipinski definition) is 1. The summed E-state index contributed by atoms with van der Waals surface area (Å²) in [5, 5.41) is 0. The van der Waals surface area contributed by atoms with Crippen LogP contribution in [0.3, 0.4) is 0 Å². The lowest BCUT2D eigenvalue weighted by Gasteiger charge is -2.35. The average Bonchev–Trinajstić information content (AvgIpc) is 2.67. The van der Waals surface area contributed by atoms with E-state index in [9.17, 15) is 0 Å². The molecule has 0 radical (unpaired) electrons. The van der Waals surface area contributed by atoms with E-state index in [1.165, 1.54) is 24.9 Å². The van der Waals surface area contributed by atoms with Crippen LogP contribution in [-0.4, -0.2) is 17.5 Å². The van der Waals surface area contributed by atoms with E-state index in [-0.39, 0.29) is 0 Å². The van der Waals surface area contributed by atoms with Gasteiger partial charge < -0.3 is 0 Å². The predicted molar refractivity (Wildman–Crippen MR) is 69.3 cm³/mol. The number of nitrogens with zero attached hydrogens (tertiary/aromatic N) is 1. The van der Waals surface area contributed by atoms with Crippen LogP contribution in [-0.2, 0) is 6.54 Å². The second kappa shape index (κ2) is 4.58. The van der Waals surface area contributed by atoms with Crippen LogP contribution in [0, 0.1) is 5.41 Å². The van der Waals surface area contributed by atoms with Crippen LogP contribution >= 0.6 is 0 Å². The van der Waals surface area contributed by atoms with Gasteiger partial charge in [-0.1, -0.05) is 51.1 Å². The first-order valence-electron chi connectivity index (χ1n) is 6.35. The Morgan fingerprint density at radius 3 is 2.50 bits per heavy atom. The number of hydrogen-bond donors (Lipinski definition) is 0. The Hall–Kier alpha value is -0.820. The molecule has 0 amide bonds. The first-order chi connectivity index (χ1) is 7.57. The molecule has 1 atom stereocenters. The van der Waals surface area contributed by atoms with Gasteiger partial charge in [0.15, 0.2) is 0 Å². The van der Waals surface area contributed by atoms with E-state index < -0.39 is 0 Å². The highest BCUT2D eigenvalue weighted by molar-refractivity contribution is 5.15. The molecule has 1 saturated heterocycles. The van der Waals surface area contributed by atoms with Crippen LogP contribution in [0.4, 0.5) is 0 Å². The van der Waals surface area contributed by atoms with Gasteiger partial charge in [-0.05, 0) is 30.4 Å². The zero-order chi connectivity index (χ0) is 11.6. The summed E-state index contributed by atoms with van der Waals surface area (Å²) < 4.78 is 0. The SMILES string of the molecule is CC(C)(C)C1CCCN1Cc1ccccc1. The van der Waals surface area contributed by atoms with Gasteiger partial charge in [-0.2, -0.15) is 0 Å². The molecule has 1 fully saturated rings. The zero-order valence-electron chi connectivity index (χ0n) is 10.7. The Morgan fingerprint density at radius 2 is 1.88 bits per heavy atom. The van der Waals surface area contributed by atoms with E-state index in [2.05, 4.69) is 56.0 Å². The standard InChI is InChI=1S/C15H23N/c1-15(2,3)14-10-7-11-16(14)12-13-8-5-4-6-9-13/h4-6,8-9,14H,7,10-12H2,1-3H3. The summed E-state index contributed by atoms with van der Waals surface area (Å²) in [7, 11) is 0. The summed E-state index contributed by atoms with van der Waals surface area (Å²) in [4.78, 5) is 2.65. The molecule has 1 heteroatoms. The van der Waals surface area contributed by atoms with Gasteiger partial charge in [0.05, 0.1) is 0 Å². The van der Waals surface area contributed by atoms with Crippen LogP contribution in [0.1, 0.15) is 39.2 Å². The molecule has 1 aromatic rings. The van der Waals surface area contributed by atoms with Crippen LogP contribution in [0.2, 0.25) is 0 Å². The van der Waals surface area contributed by atoms with Crippen molar-refractivity contribution < 1.29 is 0 Å². The van der Waals surface area contributed by atoms with Crippen molar-refractivity contribution in [2.24, 2.45) is 5.41 Å². The predicted octanol–water partition coefficient (Wildman–Crippen LogP) is 3.70. The van der Waals surface area contributed by atoms with Crippen molar-refractivity contribution in [3.8, 4) is 0 Å². The fourth-order valence-corrected chi connectivity index (χ4v) is 2.81. The fraction of sp³-hybridized carbons (Fsp3) is 0.600. The molecular weight excluding hydrogens is 194 g/mol. The molecule has 0 aliphatic carbocycles. The average molecular weight is 217 g/mol. The monoisotopic (exact) mass is 217 g/mol. The molecule has 0 N–H and O–H groups in total. The molecule has 1 aromatic carbocycles. The van der Waals surface area contributed by atoms with E-state index in [4.69, 9.17) is 0 Å². The second-order valence-electron chi connectivity index (χ2n) is 5.98. The Bertz CT molecular complexity index is 323.